The highest BCUT2D eigenvalue weighted by atomic mass is 79.9. The van der Waals surface area contributed by atoms with Gasteiger partial charge in [-0.1, -0.05) is 46.3 Å². The van der Waals surface area contributed by atoms with Crippen LogP contribution in [0.5, 0.6) is 0 Å². The Labute approximate surface area is 140 Å². The summed E-state index contributed by atoms with van der Waals surface area (Å²) in [7, 11) is 0. The van der Waals surface area contributed by atoms with Gasteiger partial charge in [-0.05, 0) is 23.8 Å². The number of rotatable bonds is 5. The molecule has 120 valence electrons. The summed E-state index contributed by atoms with van der Waals surface area (Å²) in [5.41, 5.74) is 0.740. The molecule has 7 heteroatoms. The van der Waals surface area contributed by atoms with Crippen molar-refractivity contribution >= 4 is 33.6 Å². The van der Waals surface area contributed by atoms with Crippen molar-refractivity contribution in [1.29, 1.82) is 0 Å². The fourth-order valence-electron chi connectivity index (χ4n) is 1.96. The summed E-state index contributed by atoms with van der Waals surface area (Å²) >= 11 is 3.11. The zero-order valence-electron chi connectivity index (χ0n) is 11.9. The molecular weight excluding hydrogens is 367 g/mol. The number of carboxylic acid groups (broad SMARTS) is 1. The number of amides is 2. The van der Waals surface area contributed by atoms with Crippen LogP contribution in [0.15, 0.2) is 53.0 Å². The third-order valence-electron chi connectivity index (χ3n) is 3.07. The maximum atomic E-state index is 13.7. The third-order valence-corrected chi connectivity index (χ3v) is 3.56. The smallest absolute Gasteiger partial charge is 0.326 e. The molecule has 1 atom stereocenters. The fraction of sp³-hybridized carbons (Fsp3) is 0.125. The van der Waals surface area contributed by atoms with Crippen LogP contribution in [0.2, 0.25) is 0 Å². The highest BCUT2D eigenvalue weighted by Gasteiger charge is 2.20. The van der Waals surface area contributed by atoms with E-state index in [1.807, 2.05) is 6.07 Å². The molecule has 0 aliphatic rings. The quantitative estimate of drug-likeness (QED) is 0.743. The number of anilines is 1. The van der Waals surface area contributed by atoms with Gasteiger partial charge in [0.1, 0.15) is 11.9 Å². The molecule has 0 aliphatic heterocycles. The van der Waals surface area contributed by atoms with Crippen LogP contribution < -0.4 is 10.6 Å². The van der Waals surface area contributed by atoms with Crippen LogP contribution in [-0.4, -0.2) is 23.1 Å². The lowest BCUT2D eigenvalue weighted by atomic mass is 10.1. The molecule has 3 N–H and O–H groups in total. The second-order valence-corrected chi connectivity index (χ2v) is 5.72. The predicted molar refractivity (Wildman–Crippen MR) is 87.8 cm³/mol. The van der Waals surface area contributed by atoms with Crippen molar-refractivity contribution < 1.29 is 19.1 Å². The molecule has 0 fully saturated rings. The Balaban J connectivity index is 2.02. The van der Waals surface area contributed by atoms with E-state index in [1.165, 1.54) is 12.1 Å². The predicted octanol–water partition coefficient (Wildman–Crippen LogP) is 3.41. The highest BCUT2D eigenvalue weighted by Crippen LogP contribution is 2.19. The molecule has 0 aliphatic carbocycles. The first-order valence-electron chi connectivity index (χ1n) is 6.75. The van der Waals surface area contributed by atoms with E-state index in [9.17, 15) is 19.1 Å². The molecule has 23 heavy (non-hydrogen) atoms. The Kier molecular flexibility index (Phi) is 5.70. The molecule has 2 rings (SSSR count). The van der Waals surface area contributed by atoms with Crippen LogP contribution in [0.4, 0.5) is 14.9 Å². The topological polar surface area (TPSA) is 78.4 Å². The number of carbonyl (C=O) groups is 2. The second kappa shape index (κ2) is 7.73. The van der Waals surface area contributed by atoms with Gasteiger partial charge >= 0.3 is 12.0 Å². The van der Waals surface area contributed by atoms with Crippen molar-refractivity contribution in [3.05, 3.63) is 64.4 Å². The molecule has 0 saturated heterocycles. The minimum absolute atomic E-state index is 0.0328. The third kappa shape index (κ3) is 5.07. The standard InChI is InChI=1S/C16H14BrFN2O3/c17-11-6-7-13(12(18)9-11)19-16(23)20-14(15(21)22)8-10-4-2-1-3-5-10/h1-7,9,14H,8H2,(H,21,22)(H2,19,20,23)/t14-/m1/s1. The fourth-order valence-corrected chi connectivity index (χ4v) is 2.29. The van der Waals surface area contributed by atoms with Gasteiger partial charge in [-0.3, -0.25) is 0 Å². The van der Waals surface area contributed by atoms with E-state index in [4.69, 9.17) is 0 Å². The van der Waals surface area contributed by atoms with E-state index >= 15 is 0 Å². The van der Waals surface area contributed by atoms with Crippen molar-refractivity contribution in [3.63, 3.8) is 0 Å². The lowest BCUT2D eigenvalue weighted by Gasteiger charge is -2.15. The van der Waals surface area contributed by atoms with Crippen molar-refractivity contribution in [3.8, 4) is 0 Å². The maximum Gasteiger partial charge on any atom is 0.326 e. The molecule has 5 nitrogen and oxygen atoms in total. The lowest BCUT2D eigenvalue weighted by molar-refractivity contribution is -0.139. The average molecular weight is 381 g/mol. The normalized spacial score (nSPS) is 11.6. The zero-order chi connectivity index (χ0) is 16.8. The number of carbonyl (C=O) groups excluding carboxylic acids is 1. The van der Waals surface area contributed by atoms with E-state index in [0.717, 1.165) is 5.56 Å². The minimum atomic E-state index is -1.17. The van der Waals surface area contributed by atoms with Gasteiger partial charge in [0.15, 0.2) is 0 Å². The van der Waals surface area contributed by atoms with Crippen molar-refractivity contribution in [2.45, 2.75) is 12.5 Å². The van der Waals surface area contributed by atoms with Crippen molar-refractivity contribution in [1.82, 2.24) is 5.32 Å². The second-order valence-electron chi connectivity index (χ2n) is 4.80. The molecule has 0 unspecified atom stereocenters. The molecule has 0 aromatic heterocycles. The molecule has 2 amide bonds. The van der Waals surface area contributed by atoms with Crippen molar-refractivity contribution in [2.24, 2.45) is 0 Å². The summed E-state index contributed by atoms with van der Waals surface area (Å²) in [6.45, 7) is 0. The van der Waals surface area contributed by atoms with E-state index in [2.05, 4.69) is 26.6 Å². The van der Waals surface area contributed by atoms with Gasteiger partial charge in [0.05, 0.1) is 5.69 Å². The molecule has 2 aromatic carbocycles. The summed E-state index contributed by atoms with van der Waals surface area (Å²) in [4.78, 5) is 23.2. The van der Waals surface area contributed by atoms with Gasteiger partial charge in [0.25, 0.3) is 0 Å². The number of halogens is 2. The Morgan fingerprint density at radius 1 is 1.17 bits per heavy atom. The lowest BCUT2D eigenvalue weighted by Crippen LogP contribution is -2.44. The van der Waals surface area contributed by atoms with E-state index < -0.39 is 23.9 Å². The van der Waals surface area contributed by atoms with Crippen LogP contribution in [0, 0.1) is 5.82 Å². The summed E-state index contributed by atoms with van der Waals surface area (Å²) in [6.07, 6.45) is 0.131. The van der Waals surface area contributed by atoms with E-state index in [0.29, 0.717) is 4.47 Å². The van der Waals surface area contributed by atoms with Gasteiger partial charge in [-0.2, -0.15) is 0 Å². The Morgan fingerprint density at radius 3 is 2.48 bits per heavy atom. The van der Waals surface area contributed by atoms with Crippen molar-refractivity contribution in [2.75, 3.05) is 5.32 Å². The van der Waals surface area contributed by atoms with Gasteiger partial charge in [-0.15, -0.1) is 0 Å². The molecular formula is C16H14BrFN2O3. The van der Waals surface area contributed by atoms with E-state index in [1.54, 1.807) is 30.3 Å². The van der Waals surface area contributed by atoms with Crippen LogP contribution in [-0.2, 0) is 11.2 Å². The van der Waals surface area contributed by atoms with Crippen LogP contribution in [0.1, 0.15) is 5.56 Å². The monoisotopic (exact) mass is 380 g/mol. The number of aliphatic carboxylic acids is 1. The molecule has 0 heterocycles. The molecule has 0 bridgehead atoms. The summed E-state index contributed by atoms with van der Waals surface area (Å²) in [5, 5.41) is 13.8. The Morgan fingerprint density at radius 2 is 1.87 bits per heavy atom. The number of benzene rings is 2. The zero-order valence-corrected chi connectivity index (χ0v) is 13.5. The van der Waals surface area contributed by atoms with Crippen LogP contribution >= 0.6 is 15.9 Å². The average Bonchev–Trinajstić information content (AvgIpc) is 2.50. The number of urea groups is 1. The molecule has 0 radical (unpaired) electrons. The first-order chi connectivity index (χ1) is 11.0. The van der Waals surface area contributed by atoms with E-state index in [-0.39, 0.29) is 12.1 Å². The van der Waals surface area contributed by atoms with Gasteiger partial charge in [-0.25, -0.2) is 14.0 Å². The van der Waals surface area contributed by atoms with Crippen LogP contribution in [0.25, 0.3) is 0 Å². The van der Waals surface area contributed by atoms with Gasteiger partial charge in [0.2, 0.25) is 0 Å². The number of hydrogen-bond donors (Lipinski definition) is 3. The van der Waals surface area contributed by atoms with Gasteiger partial charge in [0, 0.05) is 10.9 Å². The maximum absolute atomic E-state index is 13.7. The molecule has 0 spiro atoms. The summed E-state index contributed by atoms with van der Waals surface area (Å²) in [6, 6.07) is 11.2. The minimum Gasteiger partial charge on any atom is -0.480 e. The van der Waals surface area contributed by atoms with Crippen LogP contribution in [0.3, 0.4) is 0 Å². The Bertz CT molecular complexity index is 710. The Hall–Kier alpha value is -2.41. The summed E-state index contributed by atoms with van der Waals surface area (Å²) < 4.78 is 14.2. The number of carboxylic acids is 1. The first kappa shape index (κ1) is 17.0. The molecule has 2 aromatic rings. The first-order valence-corrected chi connectivity index (χ1v) is 7.54. The number of nitrogens with one attached hydrogen (secondary N) is 2. The molecule has 0 saturated carbocycles. The summed E-state index contributed by atoms with van der Waals surface area (Å²) in [5.74, 6) is -1.79. The largest absolute Gasteiger partial charge is 0.480 e. The SMILES string of the molecule is O=C(Nc1ccc(Br)cc1F)N[C@H](Cc1ccccc1)C(=O)O. The number of hydrogen-bond acceptors (Lipinski definition) is 2. The highest BCUT2D eigenvalue weighted by molar-refractivity contribution is 9.10. The van der Waals surface area contributed by atoms with Gasteiger partial charge < -0.3 is 15.7 Å².